The van der Waals surface area contributed by atoms with E-state index >= 15 is 4.39 Å². The maximum Gasteiger partial charge on any atom is 0.410 e. The van der Waals surface area contributed by atoms with Crippen LogP contribution < -0.4 is 10.2 Å². The van der Waals surface area contributed by atoms with Crippen molar-refractivity contribution in [2.75, 3.05) is 37.6 Å². The Morgan fingerprint density at radius 1 is 1.02 bits per heavy atom. The summed E-state index contributed by atoms with van der Waals surface area (Å²) in [5.41, 5.74) is 0.256. The van der Waals surface area contributed by atoms with Gasteiger partial charge in [-0.1, -0.05) is 0 Å². The molecule has 40 heavy (non-hydrogen) atoms. The number of likely N-dealkylation sites (tertiary alicyclic amines) is 2. The standard InChI is InChI=1S/C29H38FN5O5/c1-19-18-35(23-6-5-21(17-22(19)23)34-14-9-24(36)31-26(34)38)20-7-12-32(13-8-20)25(37)29(30)10-15-33(16-11-29)27(39)40-28(2,3)4/h5-6,17-18,20H,7-16H2,1-4H3,(H,31,36,38). The third kappa shape index (κ3) is 5.51. The number of anilines is 1. The molecule has 0 radical (unpaired) electrons. The molecule has 11 heteroatoms. The number of amides is 5. The van der Waals surface area contributed by atoms with E-state index in [0.717, 1.165) is 22.2 Å². The SMILES string of the molecule is Cc1cn(C2CCN(C(=O)C3(F)CCN(C(=O)OC(C)(C)C)CC3)CC2)c2ccc(N3CCC(=O)NC3=O)cc12. The second-order valence-electron chi connectivity index (χ2n) is 12.1. The number of halogens is 1. The highest BCUT2D eigenvalue weighted by Crippen LogP contribution is 2.35. The molecule has 1 aromatic heterocycles. The average Bonchev–Trinajstić information content (AvgIpc) is 3.23. The largest absolute Gasteiger partial charge is 0.444 e. The molecule has 3 aliphatic rings. The minimum Gasteiger partial charge on any atom is -0.444 e. The number of ether oxygens (including phenoxy) is 1. The molecule has 0 unspecified atom stereocenters. The minimum atomic E-state index is -1.97. The number of urea groups is 1. The van der Waals surface area contributed by atoms with E-state index in [2.05, 4.69) is 16.1 Å². The number of benzene rings is 1. The summed E-state index contributed by atoms with van der Waals surface area (Å²) < 4.78 is 23.4. The van der Waals surface area contributed by atoms with Gasteiger partial charge in [0.15, 0.2) is 5.67 Å². The van der Waals surface area contributed by atoms with Crippen LogP contribution in [0.15, 0.2) is 24.4 Å². The van der Waals surface area contributed by atoms with Crippen LogP contribution in [0.2, 0.25) is 0 Å². The Balaban J connectivity index is 1.21. The number of carbonyl (C=O) groups excluding carboxylic acids is 4. The molecule has 0 bridgehead atoms. The molecule has 5 rings (SSSR count). The Bertz CT molecular complexity index is 1330. The van der Waals surface area contributed by atoms with Crippen LogP contribution >= 0.6 is 0 Å². The number of nitrogens with zero attached hydrogens (tertiary/aromatic N) is 4. The lowest BCUT2D eigenvalue weighted by Gasteiger charge is -2.40. The quantitative estimate of drug-likeness (QED) is 0.608. The fourth-order valence-electron chi connectivity index (χ4n) is 5.91. The summed E-state index contributed by atoms with van der Waals surface area (Å²) in [5.74, 6) is -0.745. The van der Waals surface area contributed by atoms with E-state index in [0.29, 0.717) is 32.5 Å². The Hall–Kier alpha value is -3.63. The number of aromatic nitrogens is 1. The van der Waals surface area contributed by atoms with Crippen molar-refractivity contribution in [3.05, 3.63) is 30.0 Å². The third-order valence-corrected chi connectivity index (χ3v) is 8.12. The van der Waals surface area contributed by atoms with Crippen LogP contribution in [0.4, 0.5) is 19.7 Å². The number of rotatable bonds is 3. The zero-order valence-corrected chi connectivity index (χ0v) is 23.7. The predicted molar refractivity (Wildman–Crippen MR) is 148 cm³/mol. The molecule has 4 heterocycles. The highest BCUT2D eigenvalue weighted by atomic mass is 19.1. The maximum absolute atomic E-state index is 15.8. The summed E-state index contributed by atoms with van der Waals surface area (Å²) in [6, 6.07) is 5.61. The van der Waals surface area contributed by atoms with Crippen molar-refractivity contribution in [1.29, 1.82) is 0 Å². The van der Waals surface area contributed by atoms with Gasteiger partial charge in [0.05, 0.1) is 0 Å². The van der Waals surface area contributed by atoms with Crippen LogP contribution in [-0.4, -0.2) is 82.3 Å². The molecular weight excluding hydrogens is 517 g/mol. The molecular formula is C29H38FN5O5. The van der Waals surface area contributed by atoms with E-state index in [9.17, 15) is 19.2 Å². The predicted octanol–water partition coefficient (Wildman–Crippen LogP) is 4.30. The van der Waals surface area contributed by atoms with Crippen molar-refractivity contribution in [2.45, 2.75) is 77.1 Å². The van der Waals surface area contributed by atoms with E-state index in [4.69, 9.17) is 4.74 Å². The average molecular weight is 556 g/mol. The highest BCUT2D eigenvalue weighted by molar-refractivity contribution is 6.06. The van der Waals surface area contributed by atoms with Gasteiger partial charge < -0.3 is 19.1 Å². The van der Waals surface area contributed by atoms with Gasteiger partial charge in [0.1, 0.15) is 5.60 Å². The normalized spacial score (nSPS) is 20.6. The summed E-state index contributed by atoms with van der Waals surface area (Å²) in [6.45, 7) is 8.96. The number of fused-ring (bicyclic) bond motifs is 1. The van der Waals surface area contributed by atoms with Gasteiger partial charge in [-0.3, -0.25) is 19.8 Å². The van der Waals surface area contributed by atoms with Crippen molar-refractivity contribution in [1.82, 2.24) is 19.7 Å². The molecule has 216 valence electrons. The molecule has 3 aliphatic heterocycles. The van der Waals surface area contributed by atoms with E-state index in [1.54, 1.807) is 30.6 Å². The zero-order valence-electron chi connectivity index (χ0n) is 23.7. The number of hydrogen-bond acceptors (Lipinski definition) is 5. The lowest BCUT2D eigenvalue weighted by Crippen LogP contribution is -2.55. The van der Waals surface area contributed by atoms with Gasteiger partial charge in [0.25, 0.3) is 5.91 Å². The van der Waals surface area contributed by atoms with Gasteiger partial charge in [-0.15, -0.1) is 0 Å². The van der Waals surface area contributed by atoms with Gasteiger partial charge in [-0.25, -0.2) is 14.0 Å². The molecule has 0 spiro atoms. The van der Waals surface area contributed by atoms with Gasteiger partial charge in [-0.05, 0) is 64.3 Å². The van der Waals surface area contributed by atoms with Crippen molar-refractivity contribution < 1.29 is 28.3 Å². The summed E-state index contributed by atoms with van der Waals surface area (Å²) in [6.07, 6.45) is 3.23. The number of piperidine rings is 2. The molecule has 3 saturated heterocycles. The number of alkyl halides is 1. The molecule has 10 nitrogen and oxygen atoms in total. The van der Waals surface area contributed by atoms with Crippen LogP contribution in [0, 0.1) is 6.92 Å². The first kappa shape index (κ1) is 27.9. The van der Waals surface area contributed by atoms with Gasteiger partial charge in [0, 0.05) is 80.8 Å². The van der Waals surface area contributed by atoms with Crippen LogP contribution in [0.3, 0.4) is 0 Å². The first-order valence-electron chi connectivity index (χ1n) is 14.0. The second-order valence-corrected chi connectivity index (χ2v) is 12.1. The van der Waals surface area contributed by atoms with Gasteiger partial charge >= 0.3 is 12.1 Å². The van der Waals surface area contributed by atoms with Crippen molar-refractivity contribution >= 4 is 40.5 Å². The van der Waals surface area contributed by atoms with Crippen LogP contribution in [0.25, 0.3) is 10.9 Å². The molecule has 5 amide bonds. The first-order chi connectivity index (χ1) is 18.8. The zero-order chi connectivity index (χ0) is 28.8. The molecule has 0 aliphatic carbocycles. The van der Waals surface area contributed by atoms with Crippen LogP contribution in [-0.2, 0) is 14.3 Å². The van der Waals surface area contributed by atoms with E-state index in [1.165, 1.54) is 4.90 Å². The number of nitrogens with one attached hydrogen (secondary N) is 1. The number of hydrogen-bond donors (Lipinski definition) is 1. The van der Waals surface area contributed by atoms with Gasteiger partial charge in [-0.2, -0.15) is 0 Å². The number of carbonyl (C=O) groups is 4. The Labute approximate surface area is 233 Å². The lowest BCUT2D eigenvalue weighted by atomic mass is 9.90. The third-order valence-electron chi connectivity index (χ3n) is 8.12. The molecule has 0 saturated carbocycles. The van der Waals surface area contributed by atoms with Crippen molar-refractivity contribution in [3.8, 4) is 0 Å². The fraction of sp³-hybridized carbons (Fsp3) is 0.586. The second kappa shape index (κ2) is 10.4. The molecule has 1 aromatic carbocycles. The van der Waals surface area contributed by atoms with E-state index in [1.807, 2.05) is 25.1 Å². The Morgan fingerprint density at radius 2 is 1.70 bits per heavy atom. The number of aryl methyl sites for hydroxylation is 1. The maximum atomic E-state index is 15.8. The molecule has 2 aromatic rings. The van der Waals surface area contributed by atoms with E-state index in [-0.39, 0.29) is 44.3 Å². The molecule has 1 N–H and O–H groups in total. The number of imide groups is 1. The highest BCUT2D eigenvalue weighted by Gasteiger charge is 2.46. The minimum absolute atomic E-state index is 0.0298. The van der Waals surface area contributed by atoms with Crippen LogP contribution in [0.5, 0.6) is 0 Å². The van der Waals surface area contributed by atoms with E-state index < -0.39 is 29.3 Å². The Kier molecular flexibility index (Phi) is 7.26. The smallest absolute Gasteiger partial charge is 0.410 e. The van der Waals surface area contributed by atoms with Gasteiger partial charge in [0.2, 0.25) is 5.91 Å². The summed E-state index contributed by atoms with van der Waals surface area (Å²) >= 11 is 0. The van der Waals surface area contributed by atoms with Crippen molar-refractivity contribution in [2.24, 2.45) is 0 Å². The van der Waals surface area contributed by atoms with Crippen molar-refractivity contribution in [3.63, 3.8) is 0 Å². The summed E-state index contributed by atoms with van der Waals surface area (Å²) in [4.78, 5) is 54.1. The first-order valence-corrected chi connectivity index (χ1v) is 14.0. The Morgan fingerprint density at radius 3 is 2.33 bits per heavy atom. The molecule has 3 fully saturated rings. The lowest BCUT2D eigenvalue weighted by molar-refractivity contribution is -0.148. The topological polar surface area (TPSA) is 104 Å². The monoisotopic (exact) mass is 555 g/mol. The summed E-state index contributed by atoms with van der Waals surface area (Å²) in [5, 5.41) is 3.39. The fourth-order valence-corrected chi connectivity index (χ4v) is 5.91. The van der Waals surface area contributed by atoms with Crippen LogP contribution in [0.1, 0.15) is 64.5 Å². The summed E-state index contributed by atoms with van der Waals surface area (Å²) in [7, 11) is 0. The molecule has 0 atom stereocenters.